The van der Waals surface area contributed by atoms with Gasteiger partial charge >= 0.3 is 10.1 Å². The summed E-state index contributed by atoms with van der Waals surface area (Å²) in [6.45, 7) is 0.746. The van der Waals surface area contributed by atoms with E-state index in [0.29, 0.717) is 5.02 Å². The molecule has 14 nitrogen and oxygen atoms in total. The molecule has 2 N–H and O–H groups in total. The van der Waals surface area contributed by atoms with Crippen LogP contribution in [0.3, 0.4) is 0 Å². The number of allylic oxidation sites excluding steroid dienone is 2. The van der Waals surface area contributed by atoms with Crippen LogP contribution >= 0.6 is 11.6 Å². The lowest BCUT2D eigenvalue weighted by Gasteiger charge is -2.25. The van der Waals surface area contributed by atoms with Crippen molar-refractivity contribution < 1.29 is 48.4 Å². The van der Waals surface area contributed by atoms with Crippen molar-refractivity contribution in [3.05, 3.63) is 65.3 Å². The van der Waals surface area contributed by atoms with Gasteiger partial charge in [-0.1, -0.05) is 18.0 Å². The van der Waals surface area contributed by atoms with Crippen LogP contribution in [-0.4, -0.2) is 75.4 Å². The van der Waals surface area contributed by atoms with E-state index >= 15 is 0 Å². The Kier molecular flexibility index (Phi) is 8.32. The zero-order chi connectivity index (χ0) is 31.2. The molecule has 3 heterocycles. The number of fused-ring (bicyclic) bond motifs is 2. The molecule has 0 radical (unpaired) electrons. The molecule has 2 aliphatic heterocycles. The Bertz CT molecular complexity index is 2040. The summed E-state index contributed by atoms with van der Waals surface area (Å²) in [6.07, 6.45) is 9.82. The number of ether oxygens (including phenoxy) is 2. The van der Waals surface area contributed by atoms with Gasteiger partial charge in [0.15, 0.2) is 22.7 Å². The van der Waals surface area contributed by atoms with Crippen molar-refractivity contribution in [2.24, 2.45) is 0 Å². The van der Waals surface area contributed by atoms with E-state index in [4.69, 9.17) is 27.5 Å². The molecule has 43 heavy (non-hydrogen) atoms. The molecule has 0 amide bonds. The first-order valence-electron chi connectivity index (χ1n) is 12.3. The lowest BCUT2D eigenvalue weighted by Crippen LogP contribution is -2.40. The summed E-state index contributed by atoms with van der Waals surface area (Å²) < 4.78 is 108. The summed E-state index contributed by atoms with van der Waals surface area (Å²) in [6, 6.07) is 10.9. The quantitative estimate of drug-likeness (QED) is 0.202. The molecule has 0 saturated carbocycles. The normalized spacial score (nSPS) is 17.4. The van der Waals surface area contributed by atoms with Crippen molar-refractivity contribution in [2.75, 3.05) is 37.1 Å². The molecule has 1 aromatic heterocycles. The second-order valence-electron chi connectivity index (χ2n) is 9.35. The van der Waals surface area contributed by atoms with Crippen LogP contribution in [0, 0.1) is 12.5 Å². The average Bonchev–Trinajstić information content (AvgIpc) is 3.41. The summed E-state index contributed by atoms with van der Waals surface area (Å²) >= 11 is 6.05. The van der Waals surface area contributed by atoms with Crippen LogP contribution in [0.5, 0.6) is 5.75 Å². The fourth-order valence-electron chi connectivity index (χ4n) is 4.68. The fourth-order valence-corrected chi connectivity index (χ4v) is 7.47. The first-order valence-corrected chi connectivity index (χ1v) is 17.4. The number of aromatic nitrogens is 2. The van der Waals surface area contributed by atoms with Gasteiger partial charge in [0.05, 0.1) is 23.8 Å². The topological polar surface area (TPSA) is 177 Å². The van der Waals surface area contributed by atoms with E-state index in [2.05, 4.69) is 6.04 Å². The molecule has 18 heteroatoms. The molecular weight excluding hydrogens is 648 g/mol. The van der Waals surface area contributed by atoms with Crippen molar-refractivity contribution in [1.82, 2.24) is 8.87 Å². The maximum absolute atomic E-state index is 13.3. The van der Waals surface area contributed by atoms with E-state index in [1.807, 2.05) is 0 Å². The Morgan fingerprint density at radius 1 is 1.00 bits per heavy atom. The predicted molar refractivity (Wildman–Crippen MR) is 156 cm³/mol. The minimum Gasteiger partial charge on any atom is -0.439 e. The molecule has 0 bridgehead atoms. The third-order valence-electron chi connectivity index (χ3n) is 6.48. The molecule has 0 aliphatic carbocycles. The largest absolute Gasteiger partial charge is 0.439 e. The summed E-state index contributed by atoms with van der Waals surface area (Å²) in [5.41, 5.74) is 0.647. The Balaban J connectivity index is 1.61. The molecule has 1 saturated heterocycles. The Morgan fingerprint density at radius 2 is 1.70 bits per heavy atom. The molecule has 3 aromatic rings. The molecule has 0 atom stereocenters. The van der Waals surface area contributed by atoms with E-state index in [-0.39, 0.29) is 65.4 Å². The SMILES string of the molecule is C#C[n+]1c(C=CC=C2Oc3ccc(Cl)cc3N2CS(=O)(=O)O)n(CS(=O)(=O)O)c2cc(S(=O)(=O)N3CCOCC3)ccc21. The Morgan fingerprint density at radius 3 is 2.35 bits per heavy atom. The summed E-state index contributed by atoms with van der Waals surface area (Å²) in [5, 5.41) is 0.291. The van der Waals surface area contributed by atoms with Gasteiger partial charge in [0.25, 0.3) is 15.9 Å². The van der Waals surface area contributed by atoms with Crippen molar-refractivity contribution >= 4 is 64.7 Å². The van der Waals surface area contributed by atoms with Crippen molar-refractivity contribution in [1.29, 1.82) is 0 Å². The first kappa shape index (κ1) is 31.0. The van der Waals surface area contributed by atoms with E-state index in [9.17, 15) is 34.4 Å². The number of rotatable bonds is 8. The van der Waals surface area contributed by atoms with Gasteiger partial charge in [0, 0.05) is 30.3 Å². The third kappa shape index (κ3) is 6.56. The Labute approximate surface area is 252 Å². The first-order chi connectivity index (χ1) is 20.2. The second kappa shape index (κ2) is 11.6. The van der Waals surface area contributed by atoms with Gasteiger partial charge in [0.2, 0.25) is 21.8 Å². The molecule has 1 fully saturated rings. The maximum atomic E-state index is 13.3. The standard InChI is InChI=1S/C25H23ClN4O10S3/c1-2-28-20-8-7-19(43(37,38)27-10-12-39-13-11-27)15-21(20)29(16-41(31,32)33)24(28)4-3-5-25-30(17-42(34,35)36)22-14-18(26)6-9-23(22)40-25/h1,3-9,14-15H,10-13,16-17H2,(H-,31,32,33,34,35,36)/p+1. The van der Waals surface area contributed by atoms with Crippen LogP contribution in [0.2, 0.25) is 5.02 Å². The molecule has 228 valence electrons. The molecule has 2 aliphatic rings. The number of hydrogen-bond acceptors (Lipinski definition) is 9. The number of morpholine rings is 1. The highest BCUT2D eigenvalue weighted by atomic mass is 35.5. The number of sulfonamides is 1. The molecular formula is C25H24ClN4O10S3+. The van der Waals surface area contributed by atoms with Gasteiger partial charge in [-0.15, -0.1) is 4.57 Å². The summed E-state index contributed by atoms with van der Waals surface area (Å²) in [5.74, 6) is -1.53. The predicted octanol–water partition coefficient (Wildman–Crippen LogP) is 1.49. The Hall–Kier alpha value is -3.47. The zero-order valence-corrected chi connectivity index (χ0v) is 25.3. The number of anilines is 1. The fraction of sp³-hybridized carbons (Fsp3) is 0.240. The van der Waals surface area contributed by atoms with Crippen LogP contribution in [0.1, 0.15) is 5.82 Å². The van der Waals surface area contributed by atoms with Crippen LogP contribution in [-0.2, 0) is 40.9 Å². The van der Waals surface area contributed by atoms with E-state index in [1.54, 1.807) is 0 Å². The number of benzene rings is 2. The number of halogens is 1. The monoisotopic (exact) mass is 671 g/mol. The minimum absolute atomic E-state index is 0.0188. The number of imidazole rings is 1. The highest BCUT2D eigenvalue weighted by Crippen LogP contribution is 2.40. The van der Waals surface area contributed by atoms with Gasteiger partial charge in [-0.05, 0) is 42.5 Å². The van der Waals surface area contributed by atoms with Gasteiger partial charge in [-0.25, -0.2) is 13.0 Å². The third-order valence-corrected chi connectivity index (χ3v) is 9.78. The zero-order valence-electron chi connectivity index (χ0n) is 22.1. The molecule has 5 rings (SSSR count). The van der Waals surface area contributed by atoms with Crippen LogP contribution in [0.4, 0.5) is 5.69 Å². The smallest absolute Gasteiger partial charge is 0.304 e. The van der Waals surface area contributed by atoms with E-state index in [1.165, 1.54) is 63.5 Å². The van der Waals surface area contributed by atoms with Crippen molar-refractivity contribution in [3.63, 3.8) is 0 Å². The van der Waals surface area contributed by atoms with Crippen LogP contribution in [0.25, 0.3) is 17.1 Å². The minimum atomic E-state index is -4.65. The number of nitrogens with zero attached hydrogens (tertiary/aromatic N) is 4. The summed E-state index contributed by atoms with van der Waals surface area (Å²) in [4.78, 5) is 1.04. The molecule has 0 unspecified atom stereocenters. The highest BCUT2D eigenvalue weighted by molar-refractivity contribution is 7.89. The van der Waals surface area contributed by atoms with E-state index < -0.39 is 42.0 Å². The summed E-state index contributed by atoms with van der Waals surface area (Å²) in [7, 11) is -13.1. The van der Waals surface area contributed by atoms with E-state index in [0.717, 1.165) is 9.47 Å². The molecule has 2 aromatic carbocycles. The maximum Gasteiger partial charge on any atom is 0.304 e. The number of terminal acetylenes is 1. The lowest BCUT2D eigenvalue weighted by atomic mass is 10.3. The van der Waals surface area contributed by atoms with Crippen LogP contribution in [0.15, 0.2) is 59.3 Å². The van der Waals surface area contributed by atoms with Crippen molar-refractivity contribution in [3.8, 4) is 18.2 Å². The van der Waals surface area contributed by atoms with Gasteiger partial charge < -0.3 is 9.47 Å². The second-order valence-corrected chi connectivity index (χ2v) is 14.6. The van der Waals surface area contributed by atoms with Crippen molar-refractivity contribution in [2.45, 2.75) is 10.8 Å². The van der Waals surface area contributed by atoms with Crippen LogP contribution < -0.4 is 14.2 Å². The number of hydrogen-bond donors (Lipinski definition) is 2. The highest BCUT2D eigenvalue weighted by Gasteiger charge is 2.32. The van der Waals surface area contributed by atoms with Gasteiger partial charge in [-0.2, -0.15) is 21.1 Å². The molecule has 0 spiro atoms. The van der Waals surface area contributed by atoms with Gasteiger partial charge in [-0.3, -0.25) is 14.0 Å². The average molecular weight is 672 g/mol. The lowest BCUT2D eigenvalue weighted by molar-refractivity contribution is -0.557. The van der Waals surface area contributed by atoms with Gasteiger partial charge in [0.1, 0.15) is 6.04 Å².